The highest BCUT2D eigenvalue weighted by atomic mass is 32.2. The summed E-state index contributed by atoms with van der Waals surface area (Å²) in [5.74, 6) is -0.340. The van der Waals surface area contributed by atoms with Crippen LogP contribution in [-0.2, 0) is 21.2 Å². The van der Waals surface area contributed by atoms with Crippen molar-refractivity contribution in [2.75, 3.05) is 5.32 Å². The van der Waals surface area contributed by atoms with E-state index in [1.807, 2.05) is 41.8 Å². The molecular formula is C28H31N3O4S2. The summed E-state index contributed by atoms with van der Waals surface area (Å²) in [5.41, 5.74) is 0.779. The van der Waals surface area contributed by atoms with Crippen LogP contribution in [0.2, 0.25) is 0 Å². The van der Waals surface area contributed by atoms with Crippen molar-refractivity contribution in [1.82, 2.24) is 10.0 Å². The van der Waals surface area contributed by atoms with Crippen LogP contribution in [0.4, 0.5) is 5.69 Å². The number of fused-ring (bicyclic) bond motifs is 1. The zero-order chi connectivity index (χ0) is 26.6. The fraction of sp³-hybridized carbons (Fsp3) is 0.250. The quantitative estimate of drug-likeness (QED) is 0.229. The molecule has 0 aliphatic rings. The number of hydrogen-bond acceptors (Lipinski definition) is 6. The maximum absolute atomic E-state index is 13.5. The van der Waals surface area contributed by atoms with Gasteiger partial charge in [-0.15, -0.1) is 11.3 Å². The van der Waals surface area contributed by atoms with Gasteiger partial charge in [0.1, 0.15) is 6.23 Å². The summed E-state index contributed by atoms with van der Waals surface area (Å²) >= 11 is 1.40. The highest BCUT2D eigenvalue weighted by molar-refractivity contribution is 7.89. The van der Waals surface area contributed by atoms with Crippen molar-refractivity contribution in [3.8, 4) is 0 Å². The average molecular weight is 538 g/mol. The van der Waals surface area contributed by atoms with E-state index in [4.69, 9.17) is 0 Å². The van der Waals surface area contributed by atoms with Gasteiger partial charge >= 0.3 is 0 Å². The van der Waals surface area contributed by atoms with Crippen LogP contribution in [0.25, 0.3) is 10.8 Å². The van der Waals surface area contributed by atoms with Gasteiger partial charge in [-0.2, -0.15) is 0 Å². The molecule has 0 aliphatic heterocycles. The molecule has 0 saturated heterocycles. The minimum absolute atomic E-state index is 0.142. The second-order valence-corrected chi connectivity index (χ2v) is 12.5. The topological polar surface area (TPSA) is 108 Å². The minimum atomic E-state index is -3.79. The molecule has 9 heteroatoms. The summed E-state index contributed by atoms with van der Waals surface area (Å²) in [6.07, 6.45) is -0.651. The number of rotatable bonds is 9. The summed E-state index contributed by atoms with van der Waals surface area (Å²) in [6, 6.07) is 22.6. The van der Waals surface area contributed by atoms with Gasteiger partial charge in [0.15, 0.2) is 0 Å². The number of carbonyl (C=O) groups excluding carboxylic acids is 1. The van der Waals surface area contributed by atoms with E-state index in [1.54, 1.807) is 63.2 Å². The van der Waals surface area contributed by atoms with Crippen LogP contribution in [0.3, 0.4) is 0 Å². The number of thiophene rings is 1. The van der Waals surface area contributed by atoms with E-state index in [0.29, 0.717) is 27.8 Å². The van der Waals surface area contributed by atoms with E-state index in [2.05, 4.69) is 15.4 Å². The van der Waals surface area contributed by atoms with Crippen molar-refractivity contribution >= 4 is 43.7 Å². The Morgan fingerprint density at radius 1 is 0.919 bits per heavy atom. The second-order valence-electron chi connectivity index (χ2n) is 9.83. The van der Waals surface area contributed by atoms with Gasteiger partial charge in [0, 0.05) is 26.9 Å². The summed E-state index contributed by atoms with van der Waals surface area (Å²) in [4.78, 5) is 14.4. The van der Waals surface area contributed by atoms with Gasteiger partial charge in [0.25, 0.3) is 0 Å². The lowest BCUT2D eigenvalue weighted by Gasteiger charge is -2.23. The lowest BCUT2D eigenvalue weighted by molar-refractivity contribution is -0.119. The minimum Gasteiger partial charge on any atom is -0.373 e. The molecule has 0 bridgehead atoms. The molecular weight excluding hydrogens is 506 g/mol. The molecule has 0 fully saturated rings. The Labute approximate surface area is 221 Å². The fourth-order valence-corrected chi connectivity index (χ4v) is 6.41. The van der Waals surface area contributed by atoms with E-state index < -0.39 is 27.8 Å². The predicted molar refractivity (Wildman–Crippen MR) is 149 cm³/mol. The smallest absolute Gasteiger partial charge is 0.241 e. The first kappa shape index (κ1) is 27.0. The van der Waals surface area contributed by atoms with Crippen LogP contribution in [0.1, 0.15) is 37.4 Å². The summed E-state index contributed by atoms with van der Waals surface area (Å²) in [7, 11) is -3.79. The standard InChI is InChI=1S/C28H31N3O4S2/c1-28(2,3)31-37(34,35)25-16-8-12-20-21(25)13-7-14-22(20)29-26(32)23(18-19-10-5-4-6-11-19)30-27(33)24-15-9-17-36-24/h4-17,23,27,30-31,33H,18H2,1-3H3,(H,29,32). The van der Waals surface area contributed by atoms with E-state index in [0.717, 1.165) is 5.56 Å². The molecule has 0 aliphatic carbocycles. The molecule has 7 nitrogen and oxygen atoms in total. The van der Waals surface area contributed by atoms with Crippen molar-refractivity contribution in [2.24, 2.45) is 0 Å². The molecule has 37 heavy (non-hydrogen) atoms. The molecule has 0 spiro atoms. The number of anilines is 1. The zero-order valence-electron chi connectivity index (χ0n) is 20.9. The first-order chi connectivity index (χ1) is 17.5. The van der Waals surface area contributed by atoms with E-state index in [9.17, 15) is 18.3 Å². The number of benzene rings is 3. The summed E-state index contributed by atoms with van der Waals surface area (Å²) in [6.45, 7) is 5.35. The van der Waals surface area contributed by atoms with Crippen LogP contribution in [-0.4, -0.2) is 31.0 Å². The molecule has 3 aromatic carbocycles. The van der Waals surface area contributed by atoms with Gasteiger partial charge < -0.3 is 10.4 Å². The van der Waals surface area contributed by atoms with Gasteiger partial charge in [-0.25, -0.2) is 13.1 Å². The maximum Gasteiger partial charge on any atom is 0.241 e. The van der Waals surface area contributed by atoms with Crippen molar-refractivity contribution < 1.29 is 18.3 Å². The number of amides is 1. The molecule has 4 aromatic rings. The second kappa shape index (κ2) is 11.1. The molecule has 2 unspecified atom stereocenters. The van der Waals surface area contributed by atoms with Crippen LogP contribution in [0.5, 0.6) is 0 Å². The summed E-state index contributed by atoms with van der Waals surface area (Å²) < 4.78 is 28.9. The Hall–Kier alpha value is -3.08. The molecule has 1 heterocycles. The highest BCUT2D eigenvalue weighted by Crippen LogP contribution is 2.30. The molecule has 4 rings (SSSR count). The fourth-order valence-electron chi connectivity index (χ4n) is 4.10. The molecule has 1 aromatic heterocycles. The van der Waals surface area contributed by atoms with Gasteiger partial charge in [-0.3, -0.25) is 10.1 Å². The van der Waals surface area contributed by atoms with Crippen LogP contribution in [0, 0.1) is 0 Å². The first-order valence-corrected chi connectivity index (χ1v) is 14.3. The number of sulfonamides is 1. The van der Waals surface area contributed by atoms with Crippen LogP contribution < -0.4 is 15.4 Å². The number of hydrogen-bond donors (Lipinski definition) is 4. The third-order valence-electron chi connectivity index (χ3n) is 5.64. The number of nitrogens with one attached hydrogen (secondary N) is 3. The zero-order valence-corrected chi connectivity index (χ0v) is 22.6. The van der Waals surface area contributed by atoms with Crippen LogP contribution >= 0.6 is 11.3 Å². The van der Waals surface area contributed by atoms with Crippen molar-refractivity contribution in [1.29, 1.82) is 0 Å². The van der Waals surface area contributed by atoms with Gasteiger partial charge in [-0.1, -0.05) is 60.7 Å². The Morgan fingerprint density at radius 3 is 2.30 bits per heavy atom. The number of aliphatic hydroxyl groups excluding tert-OH is 1. The first-order valence-electron chi connectivity index (χ1n) is 11.9. The van der Waals surface area contributed by atoms with Crippen molar-refractivity contribution in [3.05, 3.63) is 94.7 Å². The SMILES string of the molecule is CC(C)(C)NS(=O)(=O)c1cccc2c(NC(=O)C(Cc3ccccc3)NC(O)c3cccs3)cccc12. The van der Waals surface area contributed by atoms with E-state index >= 15 is 0 Å². The van der Waals surface area contributed by atoms with Crippen molar-refractivity contribution in [3.63, 3.8) is 0 Å². The highest BCUT2D eigenvalue weighted by Gasteiger charge is 2.26. The third kappa shape index (κ3) is 6.82. The Bertz CT molecular complexity index is 1460. The molecule has 4 N–H and O–H groups in total. The van der Waals surface area contributed by atoms with E-state index in [1.165, 1.54) is 11.3 Å². The molecule has 194 valence electrons. The Kier molecular flexibility index (Phi) is 8.11. The molecule has 1 amide bonds. The Balaban J connectivity index is 1.65. The number of carbonyl (C=O) groups is 1. The molecule has 0 radical (unpaired) electrons. The Morgan fingerprint density at radius 2 is 1.62 bits per heavy atom. The van der Waals surface area contributed by atoms with Gasteiger partial charge in [0.2, 0.25) is 15.9 Å². The predicted octanol–water partition coefficient (Wildman–Crippen LogP) is 4.81. The summed E-state index contributed by atoms with van der Waals surface area (Å²) in [5, 5.41) is 19.7. The normalized spacial score (nSPS) is 13.8. The maximum atomic E-state index is 13.5. The lowest BCUT2D eigenvalue weighted by Crippen LogP contribution is -2.43. The van der Waals surface area contributed by atoms with Gasteiger partial charge in [-0.05, 0) is 56.3 Å². The monoisotopic (exact) mass is 537 g/mol. The van der Waals surface area contributed by atoms with Gasteiger partial charge in [0.05, 0.1) is 10.9 Å². The van der Waals surface area contributed by atoms with Crippen LogP contribution in [0.15, 0.2) is 89.1 Å². The van der Waals surface area contributed by atoms with E-state index in [-0.39, 0.29) is 10.8 Å². The average Bonchev–Trinajstić information content (AvgIpc) is 3.38. The number of aliphatic hydroxyl groups is 1. The lowest BCUT2D eigenvalue weighted by atomic mass is 10.0. The largest absolute Gasteiger partial charge is 0.373 e. The van der Waals surface area contributed by atoms with Crippen molar-refractivity contribution in [2.45, 2.75) is 49.9 Å². The third-order valence-corrected chi connectivity index (χ3v) is 8.38. The molecule has 2 atom stereocenters. The molecule has 0 saturated carbocycles.